The zero-order chi connectivity index (χ0) is 25.4. The molecule has 1 aliphatic rings. The zero-order valence-electron chi connectivity index (χ0n) is 21.4. The van der Waals surface area contributed by atoms with Crippen molar-refractivity contribution in [3.05, 3.63) is 71.3 Å². The highest BCUT2D eigenvalue weighted by Gasteiger charge is 2.35. The lowest BCUT2D eigenvalue weighted by Gasteiger charge is -2.40. The third-order valence-corrected chi connectivity index (χ3v) is 7.08. The minimum Gasteiger partial charge on any atom is -0.493 e. The van der Waals surface area contributed by atoms with Gasteiger partial charge in [0, 0.05) is 50.6 Å². The van der Waals surface area contributed by atoms with Gasteiger partial charge in [-0.1, -0.05) is 30.7 Å². The first-order chi connectivity index (χ1) is 17.5. The van der Waals surface area contributed by atoms with Gasteiger partial charge in [0.05, 0.1) is 13.7 Å². The van der Waals surface area contributed by atoms with E-state index in [2.05, 4.69) is 33.5 Å². The van der Waals surface area contributed by atoms with Gasteiger partial charge in [0.15, 0.2) is 11.5 Å². The molecule has 8 heteroatoms. The number of nitrogens with zero attached hydrogens (tertiary/aromatic N) is 3. The Balaban J connectivity index is 1.28. The number of methoxy groups -OCH3 is 2. The maximum atomic E-state index is 6.08. The molecule has 2 heterocycles. The van der Waals surface area contributed by atoms with E-state index in [1.54, 1.807) is 14.2 Å². The molecule has 36 heavy (non-hydrogen) atoms. The van der Waals surface area contributed by atoms with Gasteiger partial charge in [0.2, 0.25) is 0 Å². The molecular weight excluding hydrogens is 478 g/mol. The van der Waals surface area contributed by atoms with Crippen LogP contribution in [0, 0.1) is 0 Å². The van der Waals surface area contributed by atoms with Crippen LogP contribution in [-0.2, 0) is 24.2 Å². The molecule has 2 aromatic carbocycles. The Hall–Kier alpha value is -2.74. The molecule has 1 fully saturated rings. The number of likely N-dealkylation sites (tertiary alicyclic amines) is 1. The van der Waals surface area contributed by atoms with Crippen LogP contribution in [0.1, 0.15) is 31.2 Å². The topological polar surface area (TPSA) is 58.0 Å². The van der Waals surface area contributed by atoms with Crippen molar-refractivity contribution in [3.8, 4) is 17.2 Å². The third kappa shape index (κ3) is 6.72. The number of aryl methyl sites for hydroxylation is 1. The van der Waals surface area contributed by atoms with Crippen molar-refractivity contribution in [3.63, 3.8) is 0 Å². The average Bonchev–Trinajstić information content (AvgIpc) is 3.37. The molecule has 0 N–H and O–H groups in total. The lowest BCUT2D eigenvalue weighted by Crippen LogP contribution is -2.48. The summed E-state index contributed by atoms with van der Waals surface area (Å²) in [6, 6.07) is 13.7. The lowest BCUT2D eigenvalue weighted by molar-refractivity contribution is -0.0839. The number of halogens is 1. The second-order valence-electron chi connectivity index (χ2n) is 9.13. The molecule has 3 aromatic rings. The standard InChI is InChI=1S/C28H36ClN3O4/c1-4-27-30-12-15-32(27)16-17-35-25-9-8-22(18-26(25)33-2)20-31-13-10-28(34-3,11-14-31)21-36-24-7-5-6-23(29)19-24/h5-9,12,15,18-19H,4,10-11,13-14,16-17,20-21H2,1-3H3. The van der Waals surface area contributed by atoms with E-state index in [1.807, 2.05) is 42.7 Å². The van der Waals surface area contributed by atoms with Crippen molar-refractivity contribution in [1.82, 2.24) is 14.5 Å². The number of imidazole rings is 1. The van der Waals surface area contributed by atoms with Gasteiger partial charge in [-0.2, -0.15) is 0 Å². The highest BCUT2D eigenvalue weighted by Crippen LogP contribution is 2.31. The first-order valence-electron chi connectivity index (χ1n) is 12.5. The molecule has 0 unspecified atom stereocenters. The van der Waals surface area contributed by atoms with Crippen molar-refractivity contribution in [2.45, 2.75) is 44.9 Å². The predicted molar refractivity (Wildman–Crippen MR) is 141 cm³/mol. The van der Waals surface area contributed by atoms with Crippen molar-refractivity contribution >= 4 is 11.6 Å². The van der Waals surface area contributed by atoms with Crippen LogP contribution >= 0.6 is 11.6 Å². The summed E-state index contributed by atoms with van der Waals surface area (Å²) in [4.78, 5) is 6.80. The van der Waals surface area contributed by atoms with Gasteiger partial charge in [0.25, 0.3) is 0 Å². The fourth-order valence-corrected chi connectivity index (χ4v) is 4.78. The van der Waals surface area contributed by atoms with Gasteiger partial charge in [0.1, 0.15) is 30.4 Å². The smallest absolute Gasteiger partial charge is 0.161 e. The quantitative estimate of drug-likeness (QED) is 0.330. The zero-order valence-corrected chi connectivity index (χ0v) is 22.2. The van der Waals surface area contributed by atoms with Crippen molar-refractivity contribution in [2.75, 3.05) is 40.5 Å². The van der Waals surface area contributed by atoms with Crippen LogP contribution in [0.25, 0.3) is 0 Å². The monoisotopic (exact) mass is 513 g/mol. The fraction of sp³-hybridized carbons (Fsp3) is 0.464. The Bertz CT molecular complexity index is 1110. The molecule has 0 aliphatic carbocycles. The molecule has 1 aromatic heterocycles. The molecule has 1 saturated heterocycles. The SMILES string of the molecule is CCc1nccn1CCOc1ccc(CN2CCC(COc3cccc(Cl)c3)(OC)CC2)cc1OC. The average molecular weight is 514 g/mol. The van der Waals surface area contributed by atoms with E-state index in [4.69, 9.17) is 30.5 Å². The molecule has 0 bridgehead atoms. The van der Waals surface area contributed by atoms with Crippen LogP contribution < -0.4 is 14.2 Å². The summed E-state index contributed by atoms with van der Waals surface area (Å²) in [6.07, 6.45) is 6.52. The van der Waals surface area contributed by atoms with Crippen LogP contribution in [0.5, 0.6) is 17.2 Å². The molecule has 0 atom stereocenters. The number of piperidine rings is 1. The highest BCUT2D eigenvalue weighted by molar-refractivity contribution is 6.30. The summed E-state index contributed by atoms with van der Waals surface area (Å²) in [6.45, 7) is 6.63. The molecule has 4 rings (SSSR count). The van der Waals surface area contributed by atoms with Crippen molar-refractivity contribution in [2.24, 2.45) is 0 Å². The number of rotatable bonds is 12. The van der Waals surface area contributed by atoms with E-state index in [-0.39, 0.29) is 5.60 Å². The molecular formula is C28H36ClN3O4. The molecule has 7 nitrogen and oxygen atoms in total. The molecule has 0 spiro atoms. The van der Waals surface area contributed by atoms with E-state index in [9.17, 15) is 0 Å². The van der Waals surface area contributed by atoms with Gasteiger partial charge in [-0.3, -0.25) is 4.90 Å². The lowest BCUT2D eigenvalue weighted by atomic mass is 9.91. The van der Waals surface area contributed by atoms with Gasteiger partial charge >= 0.3 is 0 Å². The van der Waals surface area contributed by atoms with Crippen LogP contribution in [0.15, 0.2) is 54.9 Å². The van der Waals surface area contributed by atoms with Gasteiger partial charge in [-0.05, 0) is 48.7 Å². The summed E-state index contributed by atoms with van der Waals surface area (Å²) < 4.78 is 25.7. The first-order valence-corrected chi connectivity index (χ1v) is 12.9. The number of hydrogen-bond acceptors (Lipinski definition) is 6. The van der Waals surface area contributed by atoms with Crippen LogP contribution in [-0.4, -0.2) is 60.6 Å². The van der Waals surface area contributed by atoms with Crippen molar-refractivity contribution in [1.29, 1.82) is 0 Å². The van der Waals surface area contributed by atoms with E-state index in [0.29, 0.717) is 18.2 Å². The minimum atomic E-state index is -0.291. The Labute approximate surface area is 218 Å². The Kier molecular flexibility index (Phi) is 9.13. The summed E-state index contributed by atoms with van der Waals surface area (Å²) in [5.41, 5.74) is 0.906. The Morgan fingerprint density at radius 1 is 1.03 bits per heavy atom. The summed E-state index contributed by atoms with van der Waals surface area (Å²) in [5.74, 6) is 3.35. The highest BCUT2D eigenvalue weighted by atomic mass is 35.5. The second kappa shape index (κ2) is 12.5. The van der Waals surface area contributed by atoms with E-state index < -0.39 is 0 Å². The number of aromatic nitrogens is 2. The van der Waals surface area contributed by atoms with E-state index in [0.717, 1.165) is 68.5 Å². The number of ether oxygens (including phenoxy) is 4. The second-order valence-corrected chi connectivity index (χ2v) is 9.57. The fourth-order valence-electron chi connectivity index (χ4n) is 4.60. The molecule has 0 saturated carbocycles. The Morgan fingerprint density at radius 3 is 2.58 bits per heavy atom. The molecule has 194 valence electrons. The maximum Gasteiger partial charge on any atom is 0.161 e. The Morgan fingerprint density at radius 2 is 1.86 bits per heavy atom. The van der Waals surface area contributed by atoms with E-state index in [1.165, 1.54) is 5.56 Å². The molecule has 0 amide bonds. The number of benzene rings is 2. The van der Waals surface area contributed by atoms with Crippen molar-refractivity contribution < 1.29 is 18.9 Å². The first kappa shape index (κ1) is 26.3. The van der Waals surface area contributed by atoms with E-state index >= 15 is 0 Å². The van der Waals surface area contributed by atoms with Crippen LogP contribution in [0.2, 0.25) is 5.02 Å². The maximum absolute atomic E-state index is 6.08. The normalized spacial score (nSPS) is 15.6. The number of hydrogen-bond donors (Lipinski definition) is 0. The summed E-state index contributed by atoms with van der Waals surface area (Å²) in [5, 5.41) is 0.671. The minimum absolute atomic E-state index is 0.291. The summed E-state index contributed by atoms with van der Waals surface area (Å²) in [7, 11) is 3.46. The molecule has 0 radical (unpaired) electrons. The predicted octanol–water partition coefficient (Wildman–Crippen LogP) is 5.25. The van der Waals surface area contributed by atoms with Gasteiger partial charge < -0.3 is 23.5 Å². The van der Waals surface area contributed by atoms with Crippen LogP contribution in [0.4, 0.5) is 0 Å². The third-order valence-electron chi connectivity index (χ3n) is 6.84. The van der Waals surface area contributed by atoms with Gasteiger partial charge in [-0.25, -0.2) is 4.98 Å². The molecule has 1 aliphatic heterocycles. The van der Waals surface area contributed by atoms with Crippen LogP contribution in [0.3, 0.4) is 0 Å². The summed E-state index contributed by atoms with van der Waals surface area (Å²) >= 11 is 6.08. The largest absolute Gasteiger partial charge is 0.493 e. The van der Waals surface area contributed by atoms with Gasteiger partial charge in [-0.15, -0.1) is 0 Å².